The van der Waals surface area contributed by atoms with Crippen molar-refractivity contribution in [2.75, 3.05) is 20.2 Å². The summed E-state index contributed by atoms with van der Waals surface area (Å²) >= 11 is 1.61. The summed E-state index contributed by atoms with van der Waals surface area (Å²) in [5.74, 6) is 0.764. The Hall–Kier alpha value is -2.97. The fourth-order valence-corrected chi connectivity index (χ4v) is 5.98. The average molecular weight is 479 g/mol. The van der Waals surface area contributed by atoms with E-state index in [9.17, 15) is 4.79 Å². The van der Waals surface area contributed by atoms with Crippen molar-refractivity contribution in [2.45, 2.75) is 50.9 Å². The number of pyridine rings is 1. The van der Waals surface area contributed by atoms with Crippen molar-refractivity contribution in [3.8, 4) is 5.75 Å². The highest BCUT2D eigenvalue weighted by atomic mass is 32.1. The number of methoxy groups -OCH3 is 1. The zero-order valence-corrected chi connectivity index (χ0v) is 20.7. The molecule has 8 heteroatoms. The second kappa shape index (κ2) is 9.00. The summed E-state index contributed by atoms with van der Waals surface area (Å²) < 4.78 is 11.6. The number of ether oxygens (including phenoxy) is 2. The first-order valence-corrected chi connectivity index (χ1v) is 12.5. The van der Waals surface area contributed by atoms with Gasteiger partial charge in [-0.3, -0.25) is 14.8 Å². The minimum absolute atomic E-state index is 0.262. The van der Waals surface area contributed by atoms with Crippen molar-refractivity contribution in [2.24, 2.45) is 0 Å². The molecule has 34 heavy (non-hydrogen) atoms. The van der Waals surface area contributed by atoms with Crippen LogP contribution >= 0.6 is 11.3 Å². The molecule has 7 nitrogen and oxygen atoms in total. The maximum absolute atomic E-state index is 13.3. The Morgan fingerprint density at radius 2 is 1.91 bits per heavy atom. The van der Waals surface area contributed by atoms with Crippen LogP contribution in [-0.2, 0) is 23.4 Å². The predicted molar refractivity (Wildman–Crippen MR) is 131 cm³/mol. The van der Waals surface area contributed by atoms with Crippen LogP contribution in [-0.4, -0.2) is 51.7 Å². The molecule has 0 radical (unpaired) electrons. The Labute approximate surface area is 204 Å². The van der Waals surface area contributed by atoms with E-state index in [0.717, 1.165) is 60.1 Å². The molecule has 3 aromatic rings. The third-order valence-corrected chi connectivity index (χ3v) is 8.15. The fraction of sp³-hybridized carbons (Fsp3) is 0.423. The molecule has 1 spiro atoms. The SMILES string of the molecule is COc1cncc(CN2CCC3(CC2)OC(=O)N(Cc2csc(C)n2)C3(C)c2ccccc2)c1. The number of nitrogens with zero attached hydrogens (tertiary/aromatic N) is 4. The van der Waals surface area contributed by atoms with Gasteiger partial charge < -0.3 is 9.47 Å². The van der Waals surface area contributed by atoms with Gasteiger partial charge in [0.2, 0.25) is 0 Å². The zero-order chi connectivity index (χ0) is 23.8. The van der Waals surface area contributed by atoms with Gasteiger partial charge in [0.15, 0.2) is 0 Å². The van der Waals surface area contributed by atoms with Gasteiger partial charge in [-0.15, -0.1) is 11.3 Å². The molecule has 0 bridgehead atoms. The number of aromatic nitrogens is 2. The monoisotopic (exact) mass is 478 g/mol. The lowest BCUT2D eigenvalue weighted by atomic mass is 9.70. The van der Waals surface area contributed by atoms with Crippen LogP contribution in [0.4, 0.5) is 4.79 Å². The molecule has 1 unspecified atom stereocenters. The lowest BCUT2D eigenvalue weighted by Crippen LogP contribution is -2.58. The number of piperidine rings is 1. The number of rotatable bonds is 6. The normalized spacial score (nSPS) is 22.2. The van der Waals surface area contributed by atoms with Crippen LogP contribution in [0, 0.1) is 6.92 Å². The van der Waals surface area contributed by atoms with E-state index in [0.29, 0.717) is 6.54 Å². The van der Waals surface area contributed by atoms with Crippen LogP contribution in [0.25, 0.3) is 0 Å². The van der Waals surface area contributed by atoms with Crippen molar-refractivity contribution in [1.29, 1.82) is 0 Å². The minimum Gasteiger partial charge on any atom is -0.495 e. The first kappa shape index (κ1) is 22.8. The first-order chi connectivity index (χ1) is 16.4. The van der Waals surface area contributed by atoms with Crippen LogP contribution in [0.15, 0.2) is 54.2 Å². The highest BCUT2D eigenvalue weighted by molar-refractivity contribution is 7.09. The highest BCUT2D eigenvalue weighted by Crippen LogP contribution is 2.52. The molecular formula is C26H30N4O3S. The summed E-state index contributed by atoms with van der Waals surface area (Å²) in [6.45, 7) is 7.04. The quantitative estimate of drug-likeness (QED) is 0.509. The lowest BCUT2D eigenvalue weighted by Gasteiger charge is -2.48. The zero-order valence-electron chi connectivity index (χ0n) is 19.9. The summed E-state index contributed by atoms with van der Waals surface area (Å²) in [6, 6.07) is 12.3. The van der Waals surface area contributed by atoms with Gasteiger partial charge in [0.05, 0.1) is 30.6 Å². The van der Waals surface area contributed by atoms with Crippen molar-refractivity contribution in [3.63, 3.8) is 0 Å². The number of hydrogen-bond donors (Lipinski definition) is 0. The standard InChI is InChI=1S/C26H30N4O3S/c1-19-28-22(18-34-19)17-30-24(31)33-26(25(30,2)21-7-5-4-6-8-21)9-11-29(12-10-26)16-20-13-23(32-3)15-27-14-20/h4-8,13-15,18H,9-12,16-17H2,1-3H3. The molecule has 4 heterocycles. The number of benzene rings is 1. The summed E-state index contributed by atoms with van der Waals surface area (Å²) in [6.07, 6.45) is 4.86. The maximum Gasteiger partial charge on any atom is 0.411 e. The maximum atomic E-state index is 13.3. The Morgan fingerprint density at radius 1 is 1.15 bits per heavy atom. The molecule has 1 atom stereocenters. The number of carbonyl (C=O) groups is 1. The van der Waals surface area contributed by atoms with Gasteiger partial charge in [0.1, 0.15) is 16.9 Å². The molecule has 1 amide bonds. The first-order valence-electron chi connectivity index (χ1n) is 11.6. The van der Waals surface area contributed by atoms with Gasteiger partial charge in [-0.25, -0.2) is 9.78 Å². The fourth-order valence-electron chi connectivity index (χ4n) is 5.38. The molecular weight excluding hydrogens is 448 g/mol. The number of aryl methyl sites for hydroxylation is 1. The van der Waals surface area contributed by atoms with Crippen LogP contribution < -0.4 is 4.74 Å². The molecule has 5 rings (SSSR count). The summed E-state index contributed by atoms with van der Waals surface area (Å²) in [7, 11) is 1.66. The summed E-state index contributed by atoms with van der Waals surface area (Å²) in [4.78, 5) is 26.5. The van der Waals surface area contributed by atoms with Gasteiger partial charge in [-0.2, -0.15) is 0 Å². The lowest BCUT2D eigenvalue weighted by molar-refractivity contribution is -0.0615. The second-order valence-corrected chi connectivity index (χ2v) is 10.3. The molecule has 2 aromatic heterocycles. The predicted octanol–water partition coefficient (Wildman–Crippen LogP) is 4.76. The molecule has 0 saturated carbocycles. The molecule has 178 valence electrons. The van der Waals surface area contributed by atoms with E-state index in [4.69, 9.17) is 9.47 Å². The van der Waals surface area contributed by atoms with E-state index in [2.05, 4.69) is 33.9 Å². The molecule has 2 saturated heterocycles. The largest absolute Gasteiger partial charge is 0.495 e. The Morgan fingerprint density at radius 3 is 2.59 bits per heavy atom. The number of amides is 1. The van der Waals surface area contributed by atoms with Crippen LogP contribution in [0.5, 0.6) is 5.75 Å². The van der Waals surface area contributed by atoms with E-state index in [1.54, 1.807) is 24.6 Å². The number of hydrogen-bond acceptors (Lipinski definition) is 7. The van der Waals surface area contributed by atoms with Crippen molar-refractivity contribution in [3.05, 3.63) is 76.0 Å². The minimum atomic E-state index is -0.598. The number of carbonyl (C=O) groups excluding carboxylic acids is 1. The van der Waals surface area contributed by atoms with Gasteiger partial charge in [0.25, 0.3) is 0 Å². The smallest absolute Gasteiger partial charge is 0.411 e. The molecule has 2 aliphatic heterocycles. The Bertz CT molecular complexity index is 1160. The number of thiazole rings is 1. The third kappa shape index (κ3) is 3.95. The van der Waals surface area contributed by atoms with E-state index >= 15 is 0 Å². The van der Waals surface area contributed by atoms with E-state index in [1.165, 1.54) is 0 Å². The Balaban J connectivity index is 1.41. The number of likely N-dealkylation sites (tertiary alicyclic amines) is 1. The van der Waals surface area contributed by atoms with Gasteiger partial charge in [-0.1, -0.05) is 30.3 Å². The van der Waals surface area contributed by atoms with Crippen molar-refractivity contribution >= 4 is 17.4 Å². The van der Waals surface area contributed by atoms with Crippen LogP contribution in [0.3, 0.4) is 0 Å². The average Bonchev–Trinajstić information content (AvgIpc) is 3.36. The van der Waals surface area contributed by atoms with E-state index in [-0.39, 0.29) is 6.09 Å². The molecule has 2 fully saturated rings. The third-order valence-electron chi connectivity index (χ3n) is 7.33. The Kier molecular flexibility index (Phi) is 6.04. The topological polar surface area (TPSA) is 67.8 Å². The van der Waals surface area contributed by atoms with Crippen LogP contribution in [0.1, 0.15) is 41.6 Å². The molecule has 1 aromatic carbocycles. The van der Waals surface area contributed by atoms with Gasteiger partial charge >= 0.3 is 6.09 Å². The van der Waals surface area contributed by atoms with Crippen LogP contribution in [0.2, 0.25) is 0 Å². The van der Waals surface area contributed by atoms with Gasteiger partial charge in [-0.05, 0) is 31.0 Å². The van der Waals surface area contributed by atoms with Crippen molar-refractivity contribution < 1.29 is 14.3 Å². The van der Waals surface area contributed by atoms with Crippen molar-refractivity contribution in [1.82, 2.24) is 19.8 Å². The van der Waals surface area contributed by atoms with Gasteiger partial charge in [0, 0.05) is 44.1 Å². The molecule has 2 aliphatic rings. The molecule has 0 N–H and O–H groups in total. The summed E-state index contributed by atoms with van der Waals surface area (Å²) in [5, 5.41) is 3.03. The van der Waals surface area contributed by atoms with E-state index < -0.39 is 11.1 Å². The second-order valence-electron chi connectivity index (χ2n) is 9.25. The summed E-state index contributed by atoms with van der Waals surface area (Å²) in [5.41, 5.74) is 1.93. The highest BCUT2D eigenvalue weighted by Gasteiger charge is 2.63. The molecule has 0 aliphatic carbocycles. The van der Waals surface area contributed by atoms with E-state index in [1.807, 2.05) is 47.7 Å².